The summed E-state index contributed by atoms with van der Waals surface area (Å²) < 4.78 is 11.1. The van der Waals surface area contributed by atoms with Gasteiger partial charge in [-0.3, -0.25) is 0 Å². The summed E-state index contributed by atoms with van der Waals surface area (Å²) in [5.74, 6) is 1.42. The van der Waals surface area contributed by atoms with Crippen molar-refractivity contribution in [3.63, 3.8) is 0 Å². The zero-order valence-electron chi connectivity index (χ0n) is 12.9. The van der Waals surface area contributed by atoms with E-state index < -0.39 is 0 Å². The Morgan fingerprint density at radius 1 is 1.30 bits per heavy atom. The van der Waals surface area contributed by atoms with Gasteiger partial charge in [-0.2, -0.15) is 4.98 Å². The van der Waals surface area contributed by atoms with E-state index in [0.717, 1.165) is 18.7 Å². The predicted molar refractivity (Wildman–Crippen MR) is 77.5 cm³/mol. The molecular weight excluding hydrogens is 254 g/mol. The lowest BCUT2D eigenvalue weighted by molar-refractivity contribution is 0.0518. The maximum atomic E-state index is 5.63. The van der Waals surface area contributed by atoms with Gasteiger partial charge < -0.3 is 14.6 Å². The number of hydrogen-bond acceptors (Lipinski definition) is 5. The number of ether oxygens (including phenoxy) is 1. The first-order valence-corrected chi connectivity index (χ1v) is 7.86. The largest absolute Gasteiger partial charge is 0.370 e. The number of nitrogens with zero attached hydrogens (tertiary/aromatic N) is 2. The molecule has 0 radical (unpaired) electrons. The average Bonchev–Trinajstić information content (AvgIpc) is 2.93. The second kappa shape index (κ2) is 7.18. The number of aromatic nitrogens is 2. The van der Waals surface area contributed by atoms with Crippen molar-refractivity contribution in [2.45, 2.75) is 70.4 Å². The molecule has 0 aromatic carbocycles. The van der Waals surface area contributed by atoms with E-state index in [1.165, 1.54) is 32.1 Å². The molecule has 1 aliphatic rings. The maximum Gasteiger partial charge on any atom is 0.228 e. The van der Waals surface area contributed by atoms with E-state index in [9.17, 15) is 0 Å². The highest BCUT2D eigenvalue weighted by molar-refractivity contribution is 5.00. The second-order valence-corrected chi connectivity index (χ2v) is 5.67. The molecule has 2 rings (SSSR count). The average molecular weight is 281 g/mol. The Morgan fingerprint density at radius 3 is 2.65 bits per heavy atom. The molecule has 1 aromatic heterocycles. The van der Waals surface area contributed by atoms with E-state index in [1.54, 1.807) is 0 Å². The zero-order valence-corrected chi connectivity index (χ0v) is 12.9. The van der Waals surface area contributed by atoms with Gasteiger partial charge in [0.15, 0.2) is 0 Å². The molecule has 1 N–H and O–H groups in total. The summed E-state index contributed by atoms with van der Waals surface area (Å²) in [6.45, 7) is 4.73. The summed E-state index contributed by atoms with van der Waals surface area (Å²) in [4.78, 5) is 4.54. The van der Waals surface area contributed by atoms with Crippen LogP contribution in [-0.4, -0.2) is 29.3 Å². The minimum atomic E-state index is -0.0469. The molecule has 1 saturated carbocycles. The molecule has 20 heavy (non-hydrogen) atoms. The lowest BCUT2D eigenvalue weighted by Gasteiger charge is -2.36. The van der Waals surface area contributed by atoms with Gasteiger partial charge in [-0.05, 0) is 33.2 Å². The lowest BCUT2D eigenvalue weighted by Crippen LogP contribution is -2.46. The smallest absolute Gasteiger partial charge is 0.228 e. The van der Waals surface area contributed by atoms with Crippen LogP contribution in [0.4, 0.5) is 0 Å². The Balaban J connectivity index is 2.04. The van der Waals surface area contributed by atoms with E-state index in [-0.39, 0.29) is 11.6 Å². The standard InChI is InChI=1S/C15H27N3O2/c1-4-12(19-5-2)14-17-13(20-18-14)11-15(16-3)9-7-6-8-10-15/h12,16H,4-11H2,1-3H3. The Bertz CT molecular complexity index is 400. The molecule has 1 atom stereocenters. The van der Waals surface area contributed by atoms with Gasteiger partial charge in [0.2, 0.25) is 11.7 Å². The predicted octanol–water partition coefficient (Wildman–Crippen LogP) is 3.02. The van der Waals surface area contributed by atoms with Crippen molar-refractivity contribution in [3.05, 3.63) is 11.7 Å². The van der Waals surface area contributed by atoms with Gasteiger partial charge in [0.05, 0.1) is 0 Å². The third-order valence-corrected chi connectivity index (χ3v) is 4.34. The molecule has 5 heteroatoms. The van der Waals surface area contributed by atoms with Crippen molar-refractivity contribution < 1.29 is 9.26 Å². The molecule has 0 saturated heterocycles. The quantitative estimate of drug-likeness (QED) is 0.832. The van der Waals surface area contributed by atoms with Gasteiger partial charge in [0.25, 0.3) is 0 Å². The third-order valence-electron chi connectivity index (χ3n) is 4.34. The van der Waals surface area contributed by atoms with Gasteiger partial charge in [-0.25, -0.2) is 0 Å². The van der Waals surface area contributed by atoms with Gasteiger partial charge in [0, 0.05) is 18.6 Å². The molecule has 0 amide bonds. The summed E-state index contributed by atoms with van der Waals surface area (Å²) in [7, 11) is 2.04. The maximum absolute atomic E-state index is 5.63. The van der Waals surface area contributed by atoms with Crippen molar-refractivity contribution in [2.24, 2.45) is 0 Å². The highest BCUT2D eigenvalue weighted by Crippen LogP contribution is 2.31. The van der Waals surface area contributed by atoms with Crippen LogP contribution in [0.25, 0.3) is 0 Å². The molecule has 1 heterocycles. The number of nitrogens with one attached hydrogen (secondary N) is 1. The summed E-state index contributed by atoms with van der Waals surface area (Å²) in [5.41, 5.74) is 0.134. The first-order chi connectivity index (χ1) is 9.73. The first-order valence-electron chi connectivity index (χ1n) is 7.86. The first kappa shape index (κ1) is 15.4. The van der Waals surface area contributed by atoms with Crippen LogP contribution in [0.2, 0.25) is 0 Å². The molecular formula is C15H27N3O2. The van der Waals surface area contributed by atoms with E-state index in [2.05, 4.69) is 22.4 Å². The molecule has 1 aromatic rings. The monoisotopic (exact) mass is 281 g/mol. The zero-order chi connectivity index (χ0) is 14.4. The van der Waals surface area contributed by atoms with Crippen LogP contribution in [0.5, 0.6) is 0 Å². The van der Waals surface area contributed by atoms with Crippen molar-refractivity contribution in [2.75, 3.05) is 13.7 Å². The van der Waals surface area contributed by atoms with Gasteiger partial charge >= 0.3 is 0 Å². The third kappa shape index (κ3) is 3.58. The summed E-state index contributed by atoms with van der Waals surface area (Å²) in [6.07, 6.45) is 7.89. The van der Waals surface area contributed by atoms with Gasteiger partial charge in [0.1, 0.15) is 6.10 Å². The van der Waals surface area contributed by atoms with Crippen LogP contribution in [0.1, 0.15) is 70.2 Å². The second-order valence-electron chi connectivity index (χ2n) is 5.67. The van der Waals surface area contributed by atoms with Crippen molar-refractivity contribution in [1.82, 2.24) is 15.5 Å². The van der Waals surface area contributed by atoms with E-state index in [1.807, 2.05) is 14.0 Å². The summed E-state index contributed by atoms with van der Waals surface area (Å²) in [5, 5.41) is 7.58. The number of likely N-dealkylation sites (N-methyl/N-ethyl adjacent to an activating group) is 1. The van der Waals surface area contributed by atoms with Gasteiger partial charge in [-0.15, -0.1) is 0 Å². The highest BCUT2D eigenvalue weighted by atomic mass is 16.5. The highest BCUT2D eigenvalue weighted by Gasteiger charge is 2.32. The molecule has 0 spiro atoms. The fraction of sp³-hybridized carbons (Fsp3) is 0.867. The SMILES string of the molecule is CCOC(CC)c1noc(CC2(NC)CCCCC2)n1. The van der Waals surface area contributed by atoms with Crippen LogP contribution < -0.4 is 5.32 Å². The number of rotatable bonds is 7. The number of hydrogen-bond donors (Lipinski definition) is 1. The molecule has 5 nitrogen and oxygen atoms in total. The van der Waals surface area contributed by atoms with Gasteiger partial charge in [-0.1, -0.05) is 31.3 Å². The summed E-state index contributed by atoms with van der Waals surface area (Å²) in [6, 6.07) is 0. The minimum Gasteiger partial charge on any atom is -0.370 e. The van der Waals surface area contributed by atoms with Crippen molar-refractivity contribution in [1.29, 1.82) is 0 Å². The van der Waals surface area contributed by atoms with Crippen LogP contribution >= 0.6 is 0 Å². The van der Waals surface area contributed by atoms with Crippen molar-refractivity contribution >= 4 is 0 Å². The Hall–Kier alpha value is -0.940. The normalized spacial score (nSPS) is 19.9. The van der Waals surface area contributed by atoms with Crippen LogP contribution in [0.15, 0.2) is 4.52 Å². The fourth-order valence-electron chi connectivity index (χ4n) is 3.08. The van der Waals surface area contributed by atoms with Crippen LogP contribution in [0.3, 0.4) is 0 Å². The molecule has 114 valence electrons. The molecule has 1 aliphatic carbocycles. The topological polar surface area (TPSA) is 60.2 Å². The van der Waals surface area contributed by atoms with E-state index in [0.29, 0.717) is 12.4 Å². The molecule has 0 bridgehead atoms. The Labute approximate surface area is 121 Å². The van der Waals surface area contributed by atoms with Crippen molar-refractivity contribution in [3.8, 4) is 0 Å². The molecule has 0 aliphatic heterocycles. The Kier molecular flexibility index (Phi) is 5.54. The molecule has 1 unspecified atom stereocenters. The van der Waals surface area contributed by atoms with E-state index >= 15 is 0 Å². The van der Waals surface area contributed by atoms with Crippen LogP contribution in [-0.2, 0) is 11.2 Å². The lowest BCUT2D eigenvalue weighted by atomic mass is 9.79. The Morgan fingerprint density at radius 2 is 2.05 bits per heavy atom. The minimum absolute atomic E-state index is 0.0469. The molecule has 1 fully saturated rings. The summed E-state index contributed by atoms with van der Waals surface area (Å²) >= 11 is 0. The fourth-order valence-corrected chi connectivity index (χ4v) is 3.08. The van der Waals surface area contributed by atoms with E-state index in [4.69, 9.17) is 9.26 Å². The van der Waals surface area contributed by atoms with Crippen LogP contribution in [0, 0.1) is 0 Å².